The Hall–Kier alpha value is -7.28. The van der Waals surface area contributed by atoms with Crippen molar-refractivity contribution in [3.05, 3.63) is 210 Å². The minimum atomic E-state index is -0.609. The monoisotopic (exact) mass is 770 g/mol. The lowest BCUT2D eigenvalue weighted by molar-refractivity contribution is 0.282. The minimum Gasteiger partial charge on any atom is -0.497 e. The predicted molar refractivity (Wildman–Crippen MR) is 238 cm³/mol. The molecule has 0 fully saturated rings. The standard InChI is InChI=1S/C53H42N2O4/c1-57-42-24-16-37(17-25-42)54(36-14-12-35(34-56)13-15-36)40-22-30-47-45-8-4-6-10-49(45)53(51(47)32-40)50-11-7-5-9-46(50)48-31-23-41(33-52(48)53)55(38-18-26-43(58-2)27-19-38)39-20-28-44(59-3)29-21-39/h4-33,56H,34H2,1-3H3. The molecule has 0 heterocycles. The van der Waals surface area contributed by atoms with Crippen molar-refractivity contribution in [2.45, 2.75) is 12.0 Å². The maximum atomic E-state index is 9.91. The van der Waals surface area contributed by atoms with Crippen molar-refractivity contribution in [1.82, 2.24) is 0 Å². The van der Waals surface area contributed by atoms with E-state index in [1.54, 1.807) is 21.3 Å². The van der Waals surface area contributed by atoms with E-state index in [1.807, 2.05) is 48.5 Å². The zero-order valence-electron chi connectivity index (χ0n) is 33.1. The van der Waals surface area contributed by atoms with Crippen molar-refractivity contribution >= 4 is 34.1 Å². The Kier molecular flexibility index (Phi) is 8.92. The molecule has 6 nitrogen and oxygen atoms in total. The third kappa shape index (κ3) is 5.75. The molecule has 0 saturated heterocycles. The maximum absolute atomic E-state index is 9.91. The van der Waals surface area contributed by atoms with Crippen LogP contribution in [-0.4, -0.2) is 26.4 Å². The smallest absolute Gasteiger partial charge is 0.119 e. The maximum Gasteiger partial charge on any atom is 0.119 e. The van der Waals surface area contributed by atoms with Gasteiger partial charge >= 0.3 is 0 Å². The molecule has 0 aliphatic heterocycles. The second-order valence-corrected chi connectivity index (χ2v) is 14.9. The van der Waals surface area contributed by atoms with Crippen LogP contribution in [0.2, 0.25) is 0 Å². The summed E-state index contributed by atoms with van der Waals surface area (Å²) in [5.74, 6) is 2.39. The third-order valence-electron chi connectivity index (χ3n) is 11.9. The van der Waals surface area contributed by atoms with Crippen molar-refractivity contribution in [1.29, 1.82) is 0 Å². The number of hydrogen-bond donors (Lipinski definition) is 1. The fraction of sp³-hybridized carbons (Fsp3) is 0.0943. The summed E-state index contributed by atoms with van der Waals surface area (Å²) in [4.78, 5) is 4.58. The van der Waals surface area contributed by atoms with Gasteiger partial charge in [0.1, 0.15) is 17.2 Å². The molecule has 1 atom stereocenters. The Bertz CT molecular complexity index is 2520. The lowest BCUT2D eigenvalue weighted by atomic mass is 9.70. The third-order valence-corrected chi connectivity index (χ3v) is 11.9. The summed E-state index contributed by atoms with van der Waals surface area (Å²) in [5.41, 5.74) is 16.2. The van der Waals surface area contributed by atoms with Crippen LogP contribution in [-0.2, 0) is 12.0 Å². The number of aliphatic hydroxyl groups excluding tert-OH is 1. The second kappa shape index (κ2) is 14.6. The summed E-state index contributed by atoms with van der Waals surface area (Å²) in [7, 11) is 5.08. The van der Waals surface area contributed by atoms with Crippen LogP contribution in [0.5, 0.6) is 17.2 Å². The van der Waals surface area contributed by atoms with Crippen LogP contribution >= 0.6 is 0 Å². The van der Waals surface area contributed by atoms with Gasteiger partial charge in [-0.3, -0.25) is 0 Å². The number of nitrogens with zero attached hydrogens (tertiary/aromatic N) is 2. The van der Waals surface area contributed by atoms with Gasteiger partial charge in [0, 0.05) is 34.1 Å². The quantitative estimate of drug-likeness (QED) is 0.149. The number of rotatable bonds is 10. The molecule has 8 aromatic carbocycles. The van der Waals surface area contributed by atoms with Crippen LogP contribution in [0.3, 0.4) is 0 Å². The van der Waals surface area contributed by atoms with Crippen LogP contribution in [0.15, 0.2) is 182 Å². The average Bonchev–Trinajstić information content (AvgIpc) is 3.77. The average molecular weight is 771 g/mol. The molecule has 2 aliphatic rings. The van der Waals surface area contributed by atoms with Crippen molar-refractivity contribution in [2.75, 3.05) is 31.1 Å². The van der Waals surface area contributed by atoms with E-state index in [1.165, 1.54) is 44.5 Å². The van der Waals surface area contributed by atoms with Crippen LogP contribution in [0.1, 0.15) is 27.8 Å². The molecule has 0 saturated carbocycles. The highest BCUT2D eigenvalue weighted by Gasteiger charge is 2.52. The molecule has 10 rings (SSSR count). The number of methoxy groups -OCH3 is 3. The Balaban J connectivity index is 1.22. The topological polar surface area (TPSA) is 54.4 Å². The van der Waals surface area contributed by atoms with Gasteiger partial charge in [0.2, 0.25) is 0 Å². The normalized spacial score (nSPS) is 14.2. The molecule has 1 N–H and O–H groups in total. The Morgan fingerprint density at radius 2 is 0.695 bits per heavy atom. The van der Waals surface area contributed by atoms with E-state index >= 15 is 0 Å². The molecule has 59 heavy (non-hydrogen) atoms. The highest BCUT2D eigenvalue weighted by Crippen LogP contribution is 2.64. The van der Waals surface area contributed by atoms with E-state index < -0.39 is 5.41 Å². The minimum absolute atomic E-state index is 0.0163. The van der Waals surface area contributed by atoms with Gasteiger partial charge < -0.3 is 29.1 Å². The zero-order valence-corrected chi connectivity index (χ0v) is 33.1. The van der Waals surface area contributed by atoms with Gasteiger partial charge in [-0.05, 0) is 159 Å². The number of fused-ring (bicyclic) bond motifs is 10. The largest absolute Gasteiger partial charge is 0.497 e. The van der Waals surface area contributed by atoms with Gasteiger partial charge in [-0.25, -0.2) is 0 Å². The van der Waals surface area contributed by atoms with Crippen LogP contribution < -0.4 is 24.0 Å². The van der Waals surface area contributed by atoms with E-state index in [9.17, 15) is 5.11 Å². The Morgan fingerprint density at radius 1 is 0.373 bits per heavy atom. The molecule has 0 aromatic heterocycles. The molecule has 2 aliphatic carbocycles. The zero-order chi connectivity index (χ0) is 40.1. The molecule has 0 amide bonds. The van der Waals surface area contributed by atoms with Crippen LogP contribution in [0, 0.1) is 0 Å². The molecule has 8 aromatic rings. The molecule has 6 heteroatoms. The van der Waals surface area contributed by atoms with Crippen LogP contribution in [0.4, 0.5) is 34.1 Å². The summed E-state index contributed by atoms with van der Waals surface area (Å²) >= 11 is 0. The van der Waals surface area contributed by atoms with E-state index in [2.05, 4.69) is 143 Å². The molecule has 1 unspecified atom stereocenters. The lowest BCUT2D eigenvalue weighted by Gasteiger charge is -2.33. The number of anilines is 6. The Labute approximate surface area is 344 Å². The molecular formula is C53H42N2O4. The molecular weight excluding hydrogens is 729 g/mol. The van der Waals surface area contributed by atoms with Gasteiger partial charge in [0.05, 0.1) is 33.4 Å². The highest BCUT2D eigenvalue weighted by atomic mass is 16.5. The fourth-order valence-corrected chi connectivity index (χ4v) is 9.23. The summed E-state index contributed by atoms with van der Waals surface area (Å²) in [6, 6.07) is 64.4. The SMILES string of the molecule is COc1ccc(N(c2ccc(CO)cc2)c2ccc3c(c2)C2(c4ccccc4-3)c3ccccc3-c3ccc(N(c4ccc(OC)cc4)c4ccc(OC)cc4)cc32)cc1. The van der Waals surface area contributed by atoms with Crippen molar-refractivity contribution in [3.63, 3.8) is 0 Å². The van der Waals surface area contributed by atoms with E-state index in [0.29, 0.717) is 0 Å². The van der Waals surface area contributed by atoms with Crippen LogP contribution in [0.25, 0.3) is 22.3 Å². The van der Waals surface area contributed by atoms with Gasteiger partial charge in [-0.2, -0.15) is 0 Å². The first-order valence-corrected chi connectivity index (χ1v) is 19.8. The number of aliphatic hydroxyl groups is 1. The van der Waals surface area contributed by atoms with E-state index in [0.717, 1.165) is 56.9 Å². The van der Waals surface area contributed by atoms with Gasteiger partial charge in [-0.1, -0.05) is 72.8 Å². The highest BCUT2D eigenvalue weighted by molar-refractivity contribution is 5.97. The first kappa shape index (κ1) is 36.1. The van der Waals surface area contributed by atoms with Gasteiger partial charge in [0.15, 0.2) is 0 Å². The first-order chi connectivity index (χ1) is 29.0. The van der Waals surface area contributed by atoms with Crippen molar-refractivity contribution < 1.29 is 19.3 Å². The summed E-state index contributed by atoms with van der Waals surface area (Å²) in [5, 5.41) is 9.91. The second-order valence-electron chi connectivity index (χ2n) is 14.9. The van der Waals surface area contributed by atoms with Crippen molar-refractivity contribution in [2.24, 2.45) is 0 Å². The number of hydrogen-bond acceptors (Lipinski definition) is 6. The van der Waals surface area contributed by atoms with Gasteiger partial charge in [-0.15, -0.1) is 0 Å². The Morgan fingerprint density at radius 3 is 1.05 bits per heavy atom. The van der Waals surface area contributed by atoms with E-state index in [4.69, 9.17) is 14.2 Å². The van der Waals surface area contributed by atoms with Crippen molar-refractivity contribution in [3.8, 4) is 39.5 Å². The van der Waals surface area contributed by atoms with E-state index in [-0.39, 0.29) is 6.61 Å². The molecule has 288 valence electrons. The molecule has 0 bridgehead atoms. The molecule has 1 spiro atoms. The fourth-order valence-electron chi connectivity index (χ4n) is 9.23. The summed E-state index contributed by atoms with van der Waals surface area (Å²) in [6.45, 7) is -0.0163. The molecule has 0 radical (unpaired) electrons. The summed E-state index contributed by atoms with van der Waals surface area (Å²) in [6.07, 6.45) is 0. The first-order valence-electron chi connectivity index (χ1n) is 19.8. The lowest BCUT2D eigenvalue weighted by Crippen LogP contribution is -2.26. The predicted octanol–water partition coefficient (Wildman–Crippen LogP) is 12.5. The number of benzene rings is 8. The van der Waals surface area contributed by atoms with Gasteiger partial charge in [0.25, 0.3) is 0 Å². The summed E-state index contributed by atoms with van der Waals surface area (Å²) < 4.78 is 16.7. The number of ether oxygens (including phenoxy) is 3.